The van der Waals surface area contributed by atoms with Crippen molar-refractivity contribution in [1.82, 2.24) is 15.1 Å². The Labute approximate surface area is 124 Å². The third-order valence-electron chi connectivity index (χ3n) is 3.34. The first-order valence-corrected chi connectivity index (χ1v) is 6.96. The number of nitrogens with zero attached hydrogens (tertiary/aromatic N) is 2. The Morgan fingerprint density at radius 2 is 1.90 bits per heavy atom. The van der Waals surface area contributed by atoms with Crippen molar-refractivity contribution in [3.8, 4) is 5.69 Å². The topological polar surface area (TPSA) is 29.9 Å². The van der Waals surface area contributed by atoms with Gasteiger partial charge in [-0.1, -0.05) is 11.6 Å². The Hall–Kier alpha value is -1.53. The predicted molar refractivity (Wildman–Crippen MR) is 73.4 cm³/mol. The number of aromatic nitrogens is 2. The van der Waals surface area contributed by atoms with E-state index < -0.39 is 11.9 Å². The first kappa shape index (κ1) is 14.4. The van der Waals surface area contributed by atoms with Gasteiger partial charge in [-0.25, -0.2) is 4.68 Å². The highest BCUT2D eigenvalue weighted by Crippen LogP contribution is 2.34. The molecule has 1 N–H and O–H groups in total. The SMILES string of the molecule is FC(F)(F)c1c(CNC2CC2)cnn1-c1ccc(Cl)cc1. The minimum absolute atomic E-state index is 0.157. The maximum atomic E-state index is 13.3. The van der Waals surface area contributed by atoms with E-state index in [1.165, 1.54) is 18.3 Å². The summed E-state index contributed by atoms with van der Waals surface area (Å²) in [5, 5.41) is 7.45. The summed E-state index contributed by atoms with van der Waals surface area (Å²) < 4.78 is 40.9. The van der Waals surface area contributed by atoms with Gasteiger partial charge in [0.25, 0.3) is 0 Å². The van der Waals surface area contributed by atoms with Crippen LogP contribution >= 0.6 is 11.6 Å². The van der Waals surface area contributed by atoms with Crippen LogP contribution in [-0.2, 0) is 12.7 Å². The molecule has 3 nitrogen and oxygen atoms in total. The summed E-state index contributed by atoms with van der Waals surface area (Å²) in [5.41, 5.74) is -0.244. The van der Waals surface area contributed by atoms with Crippen molar-refractivity contribution in [2.24, 2.45) is 0 Å². The van der Waals surface area contributed by atoms with E-state index in [4.69, 9.17) is 11.6 Å². The molecule has 1 saturated carbocycles. The standard InChI is InChI=1S/C14H13ClF3N3/c15-10-1-5-12(6-2-10)21-13(14(16,17)18)9(8-20-21)7-19-11-3-4-11/h1-2,5-6,8,11,19H,3-4,7H2. The van der Waals surface area contributed by atoms with Gasteiger partial charge < -0.3 is 5.32 Å². The molecule has 1 heterocycles. The Balaban J connectivity index is 1.97. The lowest BCUT2D eigenvalue weighted by molar-refractivity contribution is -0.143. The van der Waals surface area contributed by atoms with E-state index in [0.29, 0.717) is 16.8 Å². The zero-order chi connectivity index (χ0) is 15.0. The van der Waals surface area contributed by atoms with Gasteiger partial charge in [0.15, 0.2) is 5.69 Å². The lowest BCUT2D eigenvalue weighted by atomic mass is 10.2. The van der Waals surface area contributed by atoms with Crippen LogP contribution in [0.15, 0.2) is 30.5 Å². The van der Waals surface area contributed by atoms with E-state index in [1.54, 1.807) is 12.1 Å². The number of benzene rings is 1. The summed E-state index contributed by atoms with van der Waals surface area (Å²) in [6.45, 7) is 0.174. The first-order valence-electron chi connectivity index (χ1n) is 6.58. The molecule has 3 rings (SSSR count). The van der Waals surface area contributed by atoms with Gasteiger partial charge in [-0.15, -0.1) is 0 Å². The molecule has 0 bridgehead atoms. The van der Waals surface area contributed by atoms with Gasteiger partial charge in [-0.05, 0) is 37.1 Å². The van der Waals surface area contributed by atoms with Crippen molar-refractivity contribution in [3.05, 3.63) is 46.7 Å². The van der Waals surface area contributed by atoms with Crippen LogP contribution in [0.4, 0.5) is 13.2 Å². The lowest BCUT2D eigenvalue weighted by Gasteiger charge is -2.13. The maximum Gasteiger partial charge on any atom is 0.433 e. The van der Waals surface area contributed by atoms with E-state index in [9.17, 15) is 13.2 Å². The Bertz CT molecular complexity index is 630. The number of rotatable bonds is 4. The molecule has 112 valence electrons. The van der Waals surface area contributed by atoms with Gasteiger partial charge in [-0.2, -0.15) is 18.3 Å². The van der Waals surface area contributed by atoms with Crippen LogP contribution in [0.2, 0.25) is 5.02 Å². The number of nitrogens with one attached hydrogen (secondary N) is 1. The van der Waals surface area contributed by atoms with Crippen molar-refractivity contribution in [1.29, 1.82) is 0 Å². The molecule has 2 aromatic rings. The van der Waals surface area contributed by atoms with E-state index >= 15 is 0 Å². The molecule has 1 aliphatic carbocycles. The Kier molecular flexibility index (Phi) is 3.67. The molecular formula is C14H13ClF3N3. The molecule has 7 heteroatoms. The monoisotopic (exact) mass is 315 g/mol. The summed E-state index contributed by atoms with van der Waals surface area (Å²) in [6, 6.07) is 6.46. The van der Waals surface area contributed by atoms with E-state index in [-0.39, 0.29) is 12.1 Å². The number of halogens is 4. The summed E-state index contributed by atoms with van der Waals surface area (Å²) in [5.74, 6) is 0. The van der Waals surface area contributed by atoms with Crippen molar-refractivity contribution < 1.29 is 13.2 Å². The first-order chi connectivity index (χ1) is 9.95. The van der Waals surface area contributed by atoms with Crippen LogP contribution in [0, 0.1) is 0 Å². The van der Waals surface area contributed by atoms with Crippen molar-refractivity contribution in [3.63, 3.8) is 0 Å². The summed E-state index contributed by atoms with van der Waals surface area (Å²) in [4.78, 5) is 0. The minimum Gasteiger partial charge on any atom is -0.310 e. The Morgan fingerprint density at radius 3 is 2.48 bits per heavy atom. The molecule has 1 aromatic heterocycles. The molecule has 0 atom stereocenters. The summed E-state index contributed by atoms with van der Waals surface area (Å²) in [6.07, 6.45) is -1.15. The molecule has 0 radical (unpaired) electrons. The largest absolute Gasteiger partial charge is 0.433 e. The van der Waals surface area contributed by atoms with Crippen LogP contribution in [0.25, 0.3) is 5.69 Å². The van der Waals surface area contributed by atoms with Crippen LogP contribution < -0.4 is 5.32 Å². The lowest BCUT2D eigenvalue weighted by Crippen LogP contribution is -2.20. The van der Waals surface area contributed by atoms with Gasteiger partial charge in [0, 0.05) is 23.2 Å². The fraction of sp³-hybridized carbons (Fsp3) is 0.357. The fourth-order valence-electron chi connectivity index (χ4n) is 2.13. The smallest absolute Gasteiger partial charge is 0.310 e. The van der Waals surface area contributed by atoms with Crippen molar-refractivity contribution in [2.75, 3.05) is 0 Å². The minimum atomic E-state index is -4.46. The van der Waals surface area contributed by atoms with Gasteiger partial charge in [0.1, 0.15) is 0 Å². The number of hydrogen-bond acceptors (Lipinski definition) is 2. The summed E-state index contributed by atoms with van der Waals surface area (Å²) in [7, 11) is 0. The average molecular weight is 316 g/mol. The normalized spacial score (nSPS) is 15.4. The van der Waals surface area contributed by atoms with E-state index in [1.807, 2.05) is 0 Å². The molecule has 21 heavy (non-hydrogen) atoms. The highest BCUT2D eigenvalue weighted by Gasteiger charge is 2.38. The zero-order valence-corrected chi connectivity index (χ0v) is 11.7. The van der Waals surface area contributed by atoms with Gasteiger partial charge in [0.2, 0.25) is 0 Å². The van der Waals surface area contributed by atoms with Crippen LogP contribution in [0.3, 0.4) is 0 Å². The fourth-order valence-corrected chi connectivity index (χ4v) is 2.26. The molecule has 1 aromatic carbocycles. The average Bonchev–Trinajstić information content (AvgIpc) is 3.14. The second-order valence-electron chi connectivity index (χ2n) is 5.06. The van der Waals surface area contributed by atoms with Crippen LogP contribution in [-0.4, -0.2) is 15.8 Å². The quantitative estimate of drug-likeness (QED) is 0.930. The second-order valence-corrected chi connectivity index (χ2v) is 5.50. The van der Waals surface area contributed by atoms with Crippen LogP contribution in [0.5, 0.6) is 0 Å². The molecule has 1 aliphatic rings. The second kappa shape index (κ2) is 5.35. The maximum absolute atomic E-state index is 13.3. The molecule has 0 spiro atoms. The predicted octanol–water partition coefficient (Wildman–Crippen LogP) is 3.80. The zero-order valence-electron chi connectivity index (χ0n) is 11.0. The van der Waals surface area contributed by atoms with Gasteiger partial charge in [0.05, 0.1) is 11.9 Å². The van der Waals surface area contributed by atoms with Gasteiger partial charge >= 0.3 is 6.18 Å². The third kappa shape index (κ3) is 3.22. The summed E-state index contributed by atoms with van der Waals surface area (Å²) >= 11 is 5.76. The third-order valence-corrected chi connectivity index (χ3v) is 3.60. The van der Waals surface area contributed by atoms with E-state index in [0.717, 1.165) is 17.5 Å². The molecule has 0 aliphatic heterocycles. The van der Waals surface area contributed by atoms with Crippen molar-refractivity contribution >= 4 is 11.6 Å². The molecule has 0 saturated heterocycles. The molecule has 0 unspecified atom stereocenters. The van der Waals surface area contributed by atoms with Gasteiger partial charge in [-0.3, -0.25) is 0 Å². The molecule has 1 fully saturated rings. The van der Waals surface area contributed by atoms with E-state index in [2.05, 4.69) is 10.4 Å². The Morgan fingerprint density at radius 1 is 1.24 bits per heavy atom. The highest BCUT2D eigenvalue weighted by molar-refractivity contribution is 6.30. The van der Waals surface area contributed by atoms with Crippen molar-refractivity contribution in [2.45, 2.75) is 31.6 Å². The molecular weight excluding hydrogens is 303 g/mol. The highest BCUT2D eigenvalue weighted by atomic mass is 35.5. The number of hydrogen-bond donors (Lipinski definition) is 1. The molecule has 0 amide bonds. The number of alkyl halides is 3. The van der Waals surface area contributed by atoms with Crippen LogP contribution in [0.1, 0.15) is 24.1 Å².